The maximum Gasteiger partial charge on any atom is 0.202 e. The first kappa shape index (κ1) is 24.0. The molecule has 1 atom stereocenters. The van der Waals surface area contributed by atoms with E-state index in [1.54, 1.807) is 0 Å². The predicted octanol–water partition coefficient (Wildman–Crippen LogP) is 5.46. The first-order valence-corrected chi connectivity index (χ1v) is 10.8. The Hall–Kier alpha value is -3.61. The minimum atomic E-state index is -0.811. The number of carbonyl (C=O) groups excluding carboxylic acids is 1. The standard InChI is InChI=1S/C26H30O7/c1-14(2)6-5-7-15(3)8-9-17-18(27)12-23-24(25(17)31)19(28)13-22(33-23)16-10-20(29)26(32-4)21(30)11-16/h6,8,10-12,22,27,29-31H,5,7,9,13H2,1-4H3/b15-8+. The summed E-state index contributed by atoms with van der Waals surface area (Å²) in [6.07, 6.45) is 5.23. The van der Waals surface area contributed by atoms with Gasteiger partial charge < -0.3 is 29.9 Å². The topological polar surface area (TPSA) is 116 Å². The Labute approximate surface area is 193 Å². The van der Waals surface area contributed by atoms with Crippen molar-refractivity contribution in [1.29, 1.82) is 0 Å². The Morgan fingerprint density at radius 1 is 1.06 bits per heavy atom. The quantitative estimate of drug-likeness (QED) is 0.411. The predicted molar refractivity (Wildman–Crippen MR) is 125 cm³/mol. The van der Waals surface area contributed by atoms with Gasteiger partial charge in [0.1, 0.15) is 28.9 Å². The average molecular weight is 455 g/mol. The molecule has 0 bridgehead atoms. The lowest BCUT2D eigenvalue weighted by molar-refractivity contribution is 0.0843. The van der Waals surface area contributed by atoms with Crippen LogP contribution in [-0.4, -0.2) is 33.3 Å². The van der Waals surface area contributed by atoms with Crippen LogP contribution in [0.2, 0.25) is 0 Å². The number of phenolic OH excluding ortho intramolecular Hbond substituents is 4. The first-order chi connectivity index (χ1) is 15.6. The van der Waals surface area contributed by atoms with Crippen molar-refractivity contribution >= 4 is 5.78 Å². The van der Waals surface area contributed by atoms with Crippen LogP contribution in [-0.2, 0) is 6.42 Å². The zero-order valence-corrected chi connectivity index (χ0v) is 19.3. The molecule has 0 fully saturated rings. The SMILES string of the molecule is COc1c(O)cc(C2CC(=O)c3c(cc(O)c(C/C=C(\C)CCC=C(C)C)c3O)O2)cc1O. The summed E-state index contributed by atoms with van der Waals surface area (Å²) in [5.41, 5.74) is 3.03. The fraction of sp³-hybridized carbons (Fsp3) is 0.346. The maximum absolute atomic E-state index is 12.9. The third-order valence-electron chi connectivity index (χ3n) is 5.66. The van der Waals surface area contributed by atoms with E-state index in [0.717, 1.165) is 18.4 Å². The van der Waals surface area contributed by atoms with Crippen LogP contribution in [0.3, 0.4) is 0 Å². The summed E-state index contributed by atoms with van der Waals surface area (Å²) in [7, 11) is 1.31. The Bertz CT molecular complexity index is 1100. The van der Waals surface area contributed by atoms with E-state index in [-0.39, 0.29) is 64.2 Å². The molecule has 2 aromatic rings. The Balaban J connectivity index is 1.86. The molecule has 33 heavy (non-hydrogen) atoms. The molecule has 1 heterocycles. The van der Waals surface area contributed by atoms with Gasteiger partial charge in [0.2, 0.25) is 5.75 Å². The van der Waals surface area contributed by atoms with Crippen LogP contribution in [0.25, 0.3) is 0 Å². The minimum absolute atomic E-state index is 0.0246. The van der Waals surface area contributed by atoms with Crippen LogP contribution >= 0.6 is 0 Å². The highest BCUT2D eigenvalue weighted by Gasteiger charge is 2.33. The molecule has 176 valence electrons. The van der Waals surface area contributed by atoms with Gasteiger partial charge in [0.25, 0.3) is 0 Å². The Kier molecular flexibility index (Phi) is 7.21. The molecule has 0 amide bonds. The molecular formula is C26H30O7. The van der Waals surface area contributed by atoms with E-state index < -0.39 is 6.10 Å². The smallest absolute Gasteiger partial charge is 0.202 e. The van der Waals surface area contributed by atoms with Gasteiger partial charge in [-0.1, -0.05) is 23.3 Å². The molecule has 0 radical (unpaired) electrons. The van der Waals surface area contributed by atoms with E-state index in [4.69, 9.17) is 9.47 Å². The highest BCUT2D eigenvalue weighted by Crippen LogP contribution is 2.46. The fourth-order valence-electron chi connectivity index (χ4n) is 3.87. The lowest BCUT2D eigenvalue weighted by Gasteiger charge is -2.27. The van der Waals surface area contributed by atoms with Crippen LogP contribution in [0.4, 0.5) is 0 Å². The number of rotatable bonds is 7. The molecule has 0 saturated heterocycles. The minimum Gasteiger partial charge on any atom is -0.507 e. The molecule has 2 aromatic carbocycles. The average Bonchev–Trinajstić information content (AvgIpc) is 2.72. The molecule has 0 aromatic heterocycles. The molecular weight excluding hydrogens is 424 g/mol. The van der Waals surface area contributed by atoms with Crippen molar-refractivity contribution in [3.8, 4) is 34.5 Å². The zero-order chi connectivity index (χ0) is 24.3. The normalized spacial score (nSPS) is 15.6. The molecule has 7 nitrogen and oxygen atoms in total. The molecule has 1 aliphatic heterocycles. The number of phenols is 4. The summed E-state index contributed by atoms with van der Waals surface area (Å²) in [6, 6.07) is 4.01. The van der Waals surface area contributed by atoms with Crippen molar-refractivity contribution in [3.05, 3.63) is 58.2 Å². The van der Waals surface area contributed by atoms with Crippen LogP contribution in [0.15, 0.2) is 41.5 Å². The number of hydrogen-bond donors (Lipinski definition) is 4. The van der Waals surface area contributed by atoms with Crippen LogP contribution in [0.1, 0.15) is 67.6 Å². The van der Waals surface area contributed by atoms with Crippen LogP contribution < -0.4 is 9.47 Å². The molecule has 1 unspecified atom stereocenters. The number of ketones is 1. The van der Waals surface area contributed by atoms with Gasteiger partial charge in [-0.05, 0) is 52.2 Å². The van der Waals surface area contributed by atoms with E-state index in [9.17, 15) is 25.2 Å². The number of allylic oxidation sites excluding steroid dienone is 4. The summed E-state index contributed by atoms with van der Waals surface area (Å²) in [4.78, 5) is 12.9. The summed E-state index contributed by atoms with van der Waals surface area (Å²) in [6.45, 7) is 6.09. The molecule has 0 aliphatic carbocycles. The van der Waals surface area contributed by atoms with Gasteiger partial charge in [-0.2, -0.15) is 0 Å². The van der Waals surface area contributed by atoms with Gasteiger partial charge in [-0.15, -0.1) is 0 Å². The lowest BCUT2D eigenvalue weighted by Crippen LogP contribution is -2.21. The zero-order valence-electron chi connectivity index (χ0n) is 19.3. The number of fused-ring (bicyclic) bond motifs is 1. The van der Waals surface area contributed by atoms with E-state index in [1.807, 2.05) is 26.8 Å². The summed E-state index contributed by atoms with van der Waals surface area (Å²) >= 11 is 0. The number of carbonyl (C=O) groups is 1. The van der Waals surface area contributed by atoms with Crippen molar-refractivity contribution < 1.29 is 34.7 Å². The second-order valence-corrected chi connectivity index (χ2v) is 8.50. The van der Waals surface area contributed by atoms with Crippen LogP contribution in [0, 0.1) is 0 Å². The summed E-state index contributed by atoms with van der Waals surface area (Å²) in [5, 5.41) is 41.4. The molecule has 0 saturated carbocycles. The van der Waals surface area contributed by atoms with Gasteiger partial charge in [0, 0.05) is 17.2 Å². The lowest BCUT2D eigenvalue weighted by atomic mass is 9.92. The first-order valence-electron chi connectivity index (χ1n) is 10.8. The van der Waals surface area contributed by atoms with Gasteiger partial charge in [-0.25, -0.2) is 0 Å². The second kappa shape index (κ2) is 9.90. The number of Topliss-reactive ketones (excluding diaryl/α,β-unsaturated/α-hetero) is 1. The molecule has 0 spiro atoms. The number of benzene rings is 2. The van der Waals surface area contributed by atoms with Crippen molar-refractivity contribution in [2.75, 3.05) is 7.11 Å². The fourth-order valence-corrected chi connectivity index (χ4v) is 3.87. The second-order valence-electron chi connectivity index (χ2n) is 8.50. The number of methoxy groups -OCH3 is 1. The van der Waals surface area contributed by atoms with Crippen molar-refractivity contribution in [1.82, 2.24) is 0 Å². The Morgan fingerprint density at radius 2 is 1.73 bits per heavy atom. The van der Waals surface area contributed by atoms with Crippen LogP contribution in [0.5, 0.6) is 34.5 Å². The molecule has 7 heteroatoms. The van der Waals surface area contributed by atoms with E-state index in [1.165, 1.54) is 30.9 Å². The molecule has 1 aliphatic rings. The van der Waals surface area contributed by atoms with Gasteiger partial charge in [0.15, 0.2) is 17.3 Å². The van der Waals surface area contributed by atoms with Crippen molar-refractivity contribution in [2.45, 2.75) is 52.6 Å². The maximum atomic E-state index is 12.9. The van der Waals surface area contributed by atoms with Gasteiger partial charge in [-0.3, -0.25) is 4.79 Å². The number of ether oxygens (including phenoxy) is 2. The van der Waals surface area contributed by atoms with Gasteiger partial charge >= 0.3 is 0 Å². The third kappa shape index (κ3) is 5.25. The summed E-state index contributed by atoms with van der Waals surface area (Å²) in [5.74, 6) is -1.43. The Morgan fingerprint density at radius 3 is 2.33 bits per heavy atom. The van der Waals surface area contributed by atoms with Gasteiger partial charge in [0.05, 0.1) is 13.5 Å². The van der Waals surface area contributed by atoms with E-state index in [0.29, 0.717) is 5.56 Å². The number of hydrogen-bond acceptors (Lipinski definition) is 7. The molecule has 3 rings (SSSR count). The highest BCUT2D eigenvalue weighted by atomic mass is 16.5. The largest absolute Gasteiger partial charge is 0.507 e. The van der Waals surface area contributed by atoms with E-state index in [2.05, 4.69) is 6.08 Å². The molecule has 4 N–H and O–H groups in total. The monoisotopic (exact) mass is 454 g/mol. The van der Waals surface area contributed by atoms with Crippen molar-refractivity contribution in [2.24, 2.45) is 0 Å². The van der Waals surface area contributed by atoms with E-state index >= 15 is 0 Å². The summed E-state index contributed by atoms with van der Waals surface area (Å²) < 4.78 is 10.8. The highest BCUT2D eigenvalue weighted by molar-refractivity contribution is 6.03. The number of aromatic hydroxyl groups is 4. The van der Waals surface area contributed by atoms with Crippen molar-refractivity contribution in [3.63, 3.8) is 0 Å². The third-order valence-corrected chi connectivity index (χ3v) is 5.66.